The Morgan fingerprint density at radius 3 is 2.33 bits per heavy atom. The van der Waals surface area contributed by atoms with E-state index in [-0.39, 0.29) is 11.9 Å². The van der Waals surface area contributed by atoms with Crippen molar-refractivity contribution in [3.05, 3.63) is 0 Å². The van der Waals surface area contributed by atoms with Gasteiger partial charge in [0.15, 0.2) is 0 Å². The Kier molecular flexibility index (Phi) is 7.35. The van der Waals surface area contributed by atoms with Crippen molar-refractivity contribution in [2.75, 3.05) is 40.9 Å². The molecule has 0 saturated heterocycles. The number of carbonyl (C=O) groups excluding carboxylic acids is 2. The van der Waals surface area contributed by atoms with Crippen LogP contribution in [0.3, 0.4) is 0 Å². The highest BCUT2D eigenvalue weighted by Gasteiger charge is 2.02. The fourth-order valence-corrected chi connectivity index (χ4v) is 0.813. The van der Waals surface area contributed by atoms with Gasteiger partial charge in [0.1, 0.15) is 0 Å². The van der Waals surface area contributed by atoms with Gasteiger partial charge in [-0.1, -0.05) is 0 Å². The first-order valence-corrected chi connectivity index (χ1v) is 4.78. The molecule has 0 bridgehead atoms. The van der Waals surface area contributed by atoms with Crippen molar-refractivity contribution >= 4 is 11.9 Å². The van der Waals surface area contributed by atoms with Crippen molar-refractivity contribution < 1.29 is 14.3 Å². The lowest BCUT2D eigenvalue weighted by atomic mass is 10.4. The van der Waals surface area contributed by atoms with E-state index in [1.807, 2.05) is 0 Å². The summed E-state index contributed by atoms with van der Waals surface area (Å²) in [6, 6.07) is -0.166. The van der Waals surface area contributed by atoms with E-state index < -0.39 is 0 Å². The molecule has 0 aromatic rings. The van der Waals surface area contributed by atoms with E-state index in [1.165, 1.54) is 4.90 Å². The van der Waals surface area contributed by atoms with E-state index in [0.29, 0.717) is 26.1 Å². The summed E-state index contributed by atoms with van der Waals surface area (Å²) in [4.78, 5) is 23.5. The quantitative estimate of drug-likeness (QED) is 0.584. The summed E-state index contributed by atoms with van der Waals surface area (Å²) < 4.78 is 4.75. The van der Waals surface area contributed by atoms with E-state index in [1.54, 1.807) is 21.2 Å². The molecule has 0 unspecified atom stereocenters. The normalized spacial score (nSPS) is 9.53. The zero-order valence-corrected chi connectivity index (χ0v) is 9.50. The third kappa shape index (κ3) is 7.75. The van der Waals surface area contributed by atoms with Crippen LogP contribution < -0.4 is 10.6 Å². The molecule has 0 aliphatic rings. The van der Waals surface area contributed by atoms with Crippen LogP contribution in [-0.2, 0) is 9.53 Å². The van der Waals surface area contributed by atoms with E-state index in [4.69, 9.17) is 4.74 Å². The fraction of sp³-hybridized carbons (Fsp3) is 0.778. The minimum absolute atomic E-state index is 0.0732. The van der Waals surface area contributed by atoms with Crippen molar-refractivity contribution in [3.8, 4) is 0 Å². The maximum atomic E-state index is 11.1. The molecule has 6 nitrogen and oxygen atoms in total. The Hall–Kier alpha value is -1.30. The molecule has 0 rings (SSSR count). The van der Waals surface area contributed by atoms with Crippen molar-refractivity contribution in [1.29, 1.82) is 0 Å². The van der Waals surface area contributed by atoms with Gasteiger partial charge in [-0.15, -0.1) is 0 Å². The third-order valence-electron chi connectivity index (χ3n) is 1.66. The lowest BCUT2D eigenvalue weighted by Crippen LogP contribution is -2.39. The lowest BCUT2D eigenvalue weighted by molar-refractivity contribution is -0.121. The molecule has 0 aromatic heterocycles. The van der Waals surface area contributed by atoms with E-state index in [0.717, 1.165) is 0 Å². The average Bonchev–Trinajstić information content (AvgIpc) is 2.20. The number of urea groups is 1. The van der Waals surface area contributed by atoms with Crippen LogP contribution in [0.4, 0.5) is 4.79 Å². The lowest BCUT2D eigenvalue weighted by Gasteiger charge is -2.12. The molecule has 3 amide bonds. The number of amides is 3. The SMILES string of the molecule is COCCC(=O)NCCNC(=O)N(C)C. The van der Waals surface area contributed by atoms with Gasteiger partial charge in [-0.3, -0.25) is 4.79 Å². The number of ether oxygens (including phenoxy) is 1. The van der Waals surface area contributed by atoms with E-state index >= 15 is 0 Å². The van der Waals surface area contributed by atoms with E-state index in [2.05, 4.69) is 10.6 Å². The molecule has 0 atom stereocenters. The molecule has 0 saturated carbocycles. The van der Waals surface area contributed by atoms with Crippen LogP contribution in [0.5, 0.6) is 0 Å². The molecule has 0 spiro atoms. The standard InChI is InChI=1S/C9H19N3O3/c1-12(2)9(14)11-6-5-10-8(13)4-7-15-3/h4-7H2,1-3H3,(H,10,13)(H,11,14). The van der Waals surface area contributed by atoms with Gasteiger partial charge >= 0.3 is 6.03 Å². The van der Waals surface area contributed by atoms with Crippen LogP contribution in [0.2, 0.25) is 0 Å². The summed E-state index contributed by atoms with van der Waals surface area (Å²) in [7, 11) is 4.86. The third-order valence-corrected chi connectivity index (χ3v) is 1.66. The van der Waals surface area contributed by atoms with Gasteiger partial charge in [0.25, 0.3) is 0 Å². The molecule has 15 heavy (non-hydrogen) atoms. The second-order valence-corrected chi connectivity index (χ2v) is 3.22. The summed E-state index contributed by atoms with van der Waals surface area (Å²) in [5.41, 5.74) is 0. The molecular formula is C9H19N3O3. The Bertz CT molecular complexity index is 207. The predicted octanol–water partition coefficient (Wildman–Crippen LogP) is -0.590. The second kappa shape index (κ2) is 8.05. The van der Waals surface area contributed by atoms with Crippen LogP contribution >= 0.6 is 0 Å². The summed E-state index contributed by atoms with van der Waals surface area (Å²) >= 11 is 0. The minimum Gasteiger partial charge on any atom is -0.384 e. The summed E-state index contributed by atoms with van der Waals surface area (Å²) in [6.45, 7) is 1.27. The number of nitrogens with zero attached hydrogens (tertiary/aromatic N) is 1. The van der Waals surface area contributed by atoms with E-state index in [9.17, 15) is 9.59 Å². The number of rotatable bonds is 6. The molecule has 0 fully saturated rings. The topological polar surface area (TPSA) is 70.7 Å². The Morgan fingerprint density at radius 1 is 1.20 bits per heavy atom. The van der Waals surface area contributed by atoms with Crippen molar-refractivity contribution in [1.82, 2.24) is 15.5 Å². The molecule has 0 aliphatic heterocycles. The highest BCUT2D eigenvalue weighted by molar-refractivity contribution is 5.76. The van der Waals surface area contributed by atoms with Crippen LogP contribution in [0.25, 0.3) is 0 Å². The summed E-state index contributed by atoms with van der Waals surface area (Å²) in [6.07, 6.45) is 0.345. The number of hydrogen-bond donors (Lipinski definition) is 2. The number of carbonyl (C=O) groups is 2. The molecule has 2 N–H and O–H groups in total. The molecule has 0 aliphatic carbocycles. The van der Waals surface area contributed by atoms with Crippen molar-refractivity contribution in [3.63, 3.8) is 0 Å². The van der Waals surface area contributed by atoms with Gasteiger partial charge in [-0.2, -0.15) is 0 Å². The smallest absolute Gasteiger partial charge is 0.316 e. The molecule has 88 valence electrons. The van der Waals surface area contributed by atoms with Gasteiger partial charge < -0.3 is 20.3 Å². The van der Waals surface area contributed by atoms with Crippen molar-refractivity contribution in [2.45, 2.75) is 6.42 Å². The molecule has 0 aromatic carbocycles. The number of nitrogens with one attached hydrogen (secondary N) is 2. The van der Waals surface area contributed by atoms with Gasteiger partial charge in [0, 0.05) is 40.7 Å². The Morgan fingerprint density at radius 2 is 1.80 bits per heavy atom. The minimum atomic E-state index is -0.166. The van der Waals surface area contributed by atoms with Gasteiger partial charge in [0.2, 0.25) is 5.91 Å². The maximum Gasteiger partial charge on any atom is 0.316 e. The second-order valence-electron chi connectivity index (χ2n) is 3.22. The van der Waals surface area contributed by atoms with Crippen LogP contribution in [0.15, 0.2) is 0 Å². The maximum absolute atomic E-state index is 11.1. The summed E-state index contributed by atoms with van der Waals surface area (Å²) in [5.74, 6) is -0.0732. The first-order valence-electron chi connectivity index (χ1n) is 4.78. The first kappa shape index (κ1) is 13.7. The largest absolute Gasteiger partial charge is 0.384 e. The highest BCUT2D eigenvalue weighted by atomic mass is 16.5. The van der Waals surface area contributed by atoms with Gasteiger partial charge in [-0.25, -0.2) is 4.79 Å². The number of methoxy groups -OCH3 is 1. The number of hydrogen-bond acceptors (Lipinski definition) is 3. The molecular weight excluding hydrogens is 198 g/mol. The van der Waals surface area contributed by atoms with Gasteiger partial charge in [0.05, 0.1) is 6.61 Å². The van der Waals surface area contributed by atoms with Crippen molar-refractivity contribution in [2.24, 2.45) is 0 Å². The zero-order valence-electron chi connectivity index (χ0n) is 9.50. The zero-order chi connectivity index (χ0) is 11.7. The molecule has 0 heterocycles. The monoisotopic (exact) mass is 217 g/mol. The van der Waals surface area contributed by atoms with Crippen LogP contribution in [-0.4, -0.2) is 57.7 Å². The Balaban J connectivity index is 3.38. The first-order chi connectivity index (χ1) is 7.07. The average molecular weight is 217 g/mol. The summed E-state index contributed by atoms with van der Waals surface area (Å²) in [5, 5.41) is 5.29. The van der Waals surface area contributed by atoms with Crippen LogP contribution in [0, 0.1) is 0 Å². The fourth-order valence-electron chi connectivity index (χ4n) is 0.813. The predicted molar refractivity (Wildman–Crippen MR) is 56.6 cm³/mol. The molecule has 6 heteroatoms. The highest BCUT2D eigenvalue weighted by Crippen LogP contribution is 1.80. The van der Waals surface area contributed by atoms with Crippen LogP contribution in [0.1, 0.15) is 6.42 Å². The molecule has 0 radical (unpaired) electrons. The Labute approximate surface area is 90.0 Å². The van der Waals surface area contributed by atoms with Gasteiger partial charge in [-0.05, 0) is 0 Å².